The molecule has 0 saturated heterocycles. The summed E-state index contributed by atoms with van der Waals surface area (Å²) in [6, 6.07) is 9.26. The van der Waals surface area contributed by atoms with Crippen LogP contribution in [0.3, 0.4) is 0 Å². The van der Waals surface area contributed by atoms with E-state index in [1.165, 1.54) is 0 Å². The highest BCUT2D eigenvalue weighted by atomic mass is 35.5. The van der Waals surface area contributed by atoms with Crippen molar-refractivity contribution in [1.82, 2.24) is 9.88 Å². The van der Waals surface area contributed by atoms with E-state index in [4.69, 9.17) is 23.2 Å². The Morgan fingerprint density at radius 2 is 2.00 bits per heavy atom. The van der Waals surface area contributed by atoms with Crippen LogP contribution in [0.1, 0.15) is 30.8 Å². The summed E-state index contributed by atoms with van der Waals surface area (Å²) >= 11 is 12.5. The molecule has 0 aliphatic rings. The summed E-state index contributed by atoms with van der Waals surface area (Å²) < 4.78 is 1.95. The summed E-state index contributed by atoms with van der Waals surface area (Å²) in [4.78, 5) is 12.1. The minimum absolute atomic E-state index is 0.0399. The van der Waals surface area contributed by atoms with Crippen LogP contribution in [0.25, 0.3) is 11.8 Å². The molecule has 1 aromatic carbocycles. The van der Waals surface area contributed by atoms with Gasteiger partial charge in [-0.15, -0.1) is 0 Å². The Balaban J connectivity index is 2.53. The first kappa shape index (κ1) is 19.1. The predicted molar refractivity (Wildman–Crippen MR) is 102 cm³/mol. The van der Waals surface area contributed by atoms with Gasteiger partial charge in [0.05, 0.1) is 15.7 Å². The maximum Gasteiger partial charge on any atom is 0.262 e. The van der Waals surface area contributed by atoms with Gasteiger partial charge in [-0.25, -0.2) is 0 Å². The molecule has 0 unspecified atom stereocenters. The molecule has 0 radical (unpaired) electrons. The molecule has 1 N–H and O–H groups in total. The van der Waals surface area contributed by atoms with E-state index < -0.39 is 0 Å². The van der Waals surface area contributed by atoms with Crippen LogP contribution in [0.15, 0.2) is 29.8 Å². The predicted octanol–water partition coefficient (Wildman–Crippen LogP) is 4.83. The molecular weight excluding hydrogens is 357 g/mol. The Bertz CT molecular complexity index is 889. The topological polar surface area (TPSA) is 57.8 Å². The number of rotatable bonds is 4. The number of amides is 1. The maximum absolute atomic E-state index is 12.1. The third-order valence-corrected chi connectivity index (χ3v) is 4.54. The van der Waals surface area contributed by atoms with Gasteiger partial charge in [-0.3, -0.25) is 4.79 Å². The van der Waals surface area contributed by atoms with E-state index in [0.29, 0.717) is 10.0 Å². The van der Waals surface area contributed by atoms with Crippen molar-refractivity contribution in [3.8, 4) is 11.8 Å². The average molecular weight is 376 g/mol. The summed E-state index contributed by atoms with van der Waals surface area (Å²) in [6.45, 7) is 7.53. The van der Waals surface area contributed by atoms with Crippen LogP contribution < -0.4 is 5.32 Å². The van der Waals surface area contributed by atoms with Crippen LogP contribution in [-0.4, -0.2) is 16.5 Å². The molecule has 2 aromatic rings. The Hall–Kier alpha value is -2.22. The second-order valence-electron chi connectivity index (χ2n) is 6.03. The molecule has 130 valence electrons. The maximum atomic E-state index is 12.1. The molecule has 1 aromatic heterocycles. The first-order valence-electron chi connectivity index (χ1n) is 7.82. The van der Waals surface area contributed by atoms with Crippen LogP contribution in [0, 0.1) is 25.2 Å². The molecule has 0 fully saturated rings. The van der Waals surface area contributed by atoms with Gasteiger partial charge in [-0.2, -0.15) is 5.26 Å². The van der Waals surface area contributed by atoms with Crippen molar-refractivity contribution in [3.63, 3.8) is 0 Å². The van der Waals surface area contributed by atoms with Crippen molar-refractivity contribution >= 4 is 35.2 Å². The third-order valence-electron chi connectivity index (χ3n) is 3.73. The molecule has 0 aliphatic heterocycles. The van der Waals surface area contributed by atoms with Crippen molar-refractivity contribution in [1.29, 1.82) is 5.26 Å². The number of nitriles is 1. The summed E-state index contributed by atoms with van der Waals surface area (Å²) in [5, 5.41) is 13.0. The molecule has 0 saturated carbocycles. The Labute approximate surface area is 157 Å². The van der Waals surface area contributed by atoms with Crippen molar-refractivity contribution in [2.75, 3.05) is 0 Å². The molecule has 0 spiro atoms. The minimum atomic E-state index is -0.386. The molecule has 1 amide bonds. The number of carbonyl (C=O) groups is 1. The van der Waals surface area contributed by atoms with E-state index in [2.05, 4.69) is 5.32 Å². The normalized spacial score (nSPS) is 11.5. The van der Waals surface area contributed by atoms with E-state index in [9.17, 15) is 10.1 Å². The highest BCUT2D eigenvalue weighted by Crippen LogP contribution is 2.32. The molecule has 2 rings (SSSR count). The molecule has 25 heavy (non-hydrogen) atoms. The third kappa shape index (κ3) is 4.07. The van der Waals surface area contributed by atoms with Crippen LogP contribution in [0.2, 0.25) is 10.0 Å². The van der Waals surface area contributed by atoms with Crippen LogP contribution >= 0.6 is 23.2 Å². The molecule has 0 aliphatic carbocycles. The summed E-state index contributed by atoms with van der Waals surface area (Å²) in [5.41, 5.74) is 3.39. The summed E-state index contributed by atoms with van der Waals surface area (Å²) in [6.07, 6.45) is 1.59. The number of nitrogens with zero attached hydrogens (tertiary/aromatic N) is 2. The Morgan fingerprint density at radius 3 is 2.60 bits per heavy atom. The van der Waals surface area contributed by atoms with Crippen LogP contribution in [-0.2, 0) is 4.79 Å². The number of hydrogen-bond acceptors (Lipinski definition) is 2. The molecule has 4 nitrogen and oxygen atoms in total. The number of carbonyl (C=O) groups excluding carboxylic acids is 1. The highest BCUT2D eigenvalue weighted by Gasteiger charge is 2.16. The number of hydrogen-bond donors (Lipinski definition) is 1. The standard InChI is InChI=1S/C19H19Cl2N3O/c1-11(2)23-19(25)15(10-22)9-14-8-12(3)24(13(14)4)17-7-5-6-16(20)18(17)21/h5-9,11H,1-4H3,(H,23,25)/b15-9-. The number of aryl methyl sites for hydroxylation is 1. The molecule has 1 heterocycles. The van der Waals surface area contributed by atoms with Crippen LogP contribution in [0.5, 0.6) is 0 Å². The Kier molecular flexibility index (Phi) is 5.94. The fourth-order valence-electron chi connectivity index (χ4n) is 2.61. The van der Waals surface area contributed by atoms with Gasteiger partial charge < -0.3 is 9.88 Å². The molecular formula is C19H19Cl2N3O. The second kappa shape index (κ2) is 7.77. The average Bonchev–Trinajstić information content (AvgIpc) is 2.81. The lowest BCUT2D eigenvalue weighted by Gasteiger charge is -2.12. The minimum Gasteiger partial charge on any atom is -0.349 e. The van der Waals surface area contributed by atoms with E-state index >= 15 is 0 Å². The van der Waals surface area contributed by atoms with Crippen molar-refractivity contribution in [2.24, 2.45) is 0 Å². The van der Waals surface area contributed by atoms with Crippen molar-refractivity contribution < 1.29 is 4.79 Å². The highest BCUT2D eigenvalue weighted by molar-refractivity contribution is 6.43. The SMILES string of the molecule is Cc1cc(/C=C(/C#N)C(=O)NC(C)C)c(C)n1-c1cccc(Cl)c1Cl. The van der Waals surface area contributed by atoms with E-state index in [0.717, 1.165) is 22.6 Å². The number of aromatic nitrogens is 1. The lowest BCUT2D eigenvalue weighted by molar-refractivity contribution is -0.117. The molecule has 0 atom stereocenters. The van der Waals surface area contributed by atoms with Crippen molar-refractivity contribution in [3.05, 3.63) is 56.8 Å². The fraction of sp³-hybridized carbons (Fsp3) is 0.263. The van der Waals surface area contributed by atoms with E-state index in [1.54, 1.807) is 12.1 Å². The van der Waals surface area contributed by atoms with E-state index in [-0.39, 0.29) is 17.5 Å². The first-order valence-corrected chi connectivity index (χ1v) is 8.57. The number of nitrogens with one attached hydrogen (secondary N) is 1. The van der Waals surface area contributed by atoms with Gasteiger partial charge in [-0.05, 0) is 57.5 Å². The zero-order valence-electron chi connectivity index (χ0n) is 14.5. The van der Waals surface area contributed by atoms with Gasteiger partial charge >= 0.3 is 0 Å². The van der Waals surface area contributed by atoms with E-state index in [1.807, 2.05) is 56.5 Å². The lowest BCUT2D eigenvalue weighted by atomic mass is 10.1. The van der Waals surface area contributed by atoms with Gasteiger partial charge in [-0.1, -0.05) is 29.3 Å². The van der Waals surface area contributed by atoms with Gasteiger partial charge in [0.15, 0.2) is 0 Å². The summed E-state index contributed by atoms with van der Waals surface area (Å²) in [7, 11) is 0. The van der Waals surface area contributed by atoms with Gasteiger partial charge in [0, 0.05) is 17.4 Å². The van der Waals surface area contributed by atoms with Gasteiger partial charge in [0.1, 0.15) is 11.6 Å². The lowest BCUT2D eigenvalue weighted by Crippen LogP contribution is -2.30. The number of halogens is 2. The van der Waals surface area contributed by atoms with Crippen molar-refractivity contribution in [2.45, 2.75) is 33.7 Å². The summed E-state index contributed by atoms with van der Waals surface area (Å²) in [5.74, 6) is -0.386. The zero-order valence-corrected chi connectivity index (χ0v) is 16.0. The van der Waals surface area contributed by atoms with Gasteiger partial charge in [0.2, 0.25) is 0 Å². The second-order valence-corrected chi connectivity index (χ2v) is 6.82. The molecule has 0 bridgehead atoms. The largest absolute Gasteiger partial charge is 0.349 e. The fourth-order valence-corrected chi connectivity index (χ4v) is 2.99. The monoisotopic (exact) mass is 375 g/mol. The Morgan fingerprint density at radius 1 is 1.32 bits per heavy atom. The zero-order chi connectivity index (χ0) is 18.7. The van der Waals surface area contributed by atoms with Gasteiger partial charge in [0.25, 0.3) is 5.91 Å². The first-order chi connectivity index (χ1) is 11.8. The van der Waals surface area contributed by atoms with Crippen LogP contribution in [0.4, 0.5) is 0 Å². The molecule has 6 heteroatoms. The number of benzene rings is 1. The quantitative estimate of drug-likeness (QED) is 0.614. The smallest absolute Gasteiger partial charge is 0.262 e.